The molecule has 0 radical (unpaired) electrons. The van der Waals surface area contributed by atoms with Gasteiger partial charge in [0.2, 0.25) is 0 Å². The SMILES string of the molecule is CNC(CSc1nc(=O)c(=O)[nH]n1C)C(C)(C)C. The number of aromatic amines is 1. The Balaban J connectivity index is 2.84. The standard InChI is InChI=1S/C11H20N4O2S/c1-11(2,3)7(12-4)6-18-10-13-8(16)9(17)14-15(10)5/h7,12H,6H2,1-5H3,(H,14,17). The van der Waals surface area contributed by atoms with Crippen LogP contribution in [0.2, 0.25) is 0 Å². The third-order valence-corrected chi connectivity index (χ3v) is 3.84. The summed E-state index contributed by atoms with van der Waals surface area (Å²) in [5.41, 5.74) is -1.32. The van der Waals surface area contributed by atoms with Gasteiger partial charge in [-0.2, -0.15) is 4.98 Å². The molecule has 1 aromatic rings. The van der Waals surface area contributed by atoms with E-state index < -0.39 is 11.1 Å². The first-order valence-electron chi connectivity index (χ1n) is 5.73. The summed E-state index contributed by atoms with van der Waals surface area (Å²) in [5, 5.41) is 6.20. The molecular weight excluding hydrogens is 252 g/mol. The molecular formula is C11H20N4O2S. The van der Waals surface area contributed by atoms with Gasteiger partial charge in [0, 0.05) is 18.8 Å². The maximum Gasteiger partial charge on any atom is 0.339 e. The average Bonchev–Trinajstić information content (AvgIpc) is 2.24. The third kappa shape index (κ3) is 3.71. The smallest absolute Gasteiger partial charge is 0.316 e. The second kappa shape index (κ2) is 5.71. The van der Waals surface area contributed by atoms with Crippen molar-refractivity contribution < 1.29 is 0 Å². The Labute approximate surface area is 110 Å². The summed E-state index contributed by atoms with van der Waals surface area (Å²) >= 11 is 1.45. The molecule has 1 aromatic heterocycles. The van der Waals surface area contributed by atoms with Gasteiger partial charge in [0.1, 0.15) is 0 Å². The fourth-order valence-corrected chi connectivity index (χ4v) is 2.88. The van der Waals surface area contributed by atoms with Crippen molar-refractivity contribution in [1.29, 1.82) is 0 Å². The Morgan fingerprint density at radius 2 is 2.06 bits per heavy atom. The molecule has 0 fully saturated rings. The molecule has 0 aliphatic heterocycles. The first kappa shape index (κ1) is 15.0. The van der Waals surface area contributed by atoms with Crippen LogP contribution in [0, 0.1) is 5.41 Å². The van der Waals surface area contributed by atoms with Crippen LogP contribution in [0.15, 0.2) is 14.7 Å². The van der Waals surface area contributed by atoms with E-state index in [4.69, 9.17) is 0 Å². The molecule has 0 bridgehead atoms. The van der Waals surface area contributed by atoms with Gasteiger partial charge in [-0.1, -0.05) is 32.5 Å². The Morgan fingerprint density at radius 1 is 1.44 bits per heavy atom. The topological polar surface area (TPSA) is 79.8 Å². The van der Waals surface area contributed by atoms with E-state index in [0.717, 1.165) is 5.75 Å². The fourth-order valence-electron chi connectivity index (χ4n) is 1.51. The zero-order valence-electron chi connectivity index (χ0n) is 11.4. The molecule has 1 rings (SSSR count). The molecule has 6 nitrogen and oxygen atoms in total. The molecule has 0 aliphatic carbocycles. The highest BCUT2D eigenvalue weighted by Crippen LogP contribution is 2.24. The van der Waals surface area contributed by atoms with Crippen LogP contribution >= 0.6 is 11.8 Å². The number of aryl methyl sites for hydroxylation is 1. The van der Waals surface area contributed by atoms with Crippen LogP contribution in [-0.4, -0.2) is 33.6 Å². The van der Waals surface area contributed by atoms with Crippen LogP contribution in [0.25, 0.3) is 0 Å². The number of nitrogens with one attached hydrogen (secondary N) is 2. The van der Waals surface area contributed by atoms with Gasteiger partial charge in [-0.3, -0.25) is 19.4 Å². The van der Waals surface area contributed by atoms with Gasteiger partial charge in [0.15, 0.2) is 5.16 Å². The first-order chi connectivity index (χ1) is 8.25. The van der Waals surface area contributed by atoms with E-state index >= 15 is 0 Å². The molecule has 0 aliphatic rings. The first-order valence-corrected chi connectivity index (χ1v) is 6.71. The highest BCUT2D eigenvalue weighted by atomic mass is 32.2. The highest BCUT2D eigenvalue weighted by Gasteiger charge is 2.23. The summed E-state index contributed by atoms with van der Waals surface area (Å²) in [7, 11) is 3.58. The van der Waals surface area contributed by atoms with Crippen molar-refractivity contribution in [3.05, 3.63) is 20.7 Å². The van der Waals surface area contributed by atoms with Gasteiger partial charge < -0.3 is 5.32 Å². The quantitative estimate of drug-likeness (QED) is 0.604. The lowest BCUT2D eigenvalue weighted by atomic mass is 9.88. The summed E-state index contributed by atoms with van der Waals surface area (Å²) in [4.78, 5) is 26.0. The molecule has 102 valence electrons. The number of hydrogen-bond acceptors (Lipinski definition) is 5. The van der Waals surface area contributed by atoms with Crippen molar-refractivity contribution in [3.8, 4) is 0 Å². The van der Waals surface area contributed by atoms with Gasteiger partial charge in [-0.05, 0) is 12.5 Å². The van der Waals surface area contributed by atoms with E-state index in [1.807, 2.05) is 7.05 Å². The largest absolute Gasteiger partial charge is 0.339 e. The predicted molar refractivity (Wildman–Crippen MR) is 73.1 cm³/mol. The van der Waals surface area contributed by atoms with Crippen molar-refractivity contribution in [2.75, 3.05) is 12.8 Å². The molecule has 7 heteroatoms. The second-order valence-corrected chi connectivity index (χ2v) is 6.20. The molecule has 0 saturated carbocycles. The van der Waals surface area contributed by atoms with Gasteiger partial charge >= 0.3 is 11.1 Å². The zero-order chi connectivity index (χ0) is 13.9. The van der Waals surface area contributed by atoms with E-state index in [2.05, 4.69) is 36.2 Å². The molecule has 0 saturated heterocycles. The Morgan fingerprint density at radius 3 is 2.56 bits per heavy atom. The third-order valence-electron chi connectivity index (χ3n) is 2.72. The average molecular weight is 272 g/mol. The van der Waals surface area contributed by atoms with Crippen molar-refractivity contribution in [2.45, 2.75) is 32.0 Å². The summed E-state index contributed by atoms with van der Waals surface area (Å²) in [5.74, 6) is 0.770. The van der Waals surface area contributed by atoms with Crippen LogP contribution in [-0.2, 0) is 7.05 Å². The predicted octanol–water partition coefficient (Wildman–Crippen LogP) is 0.195. The van der Waals surface area contributed by atoms with E-state index in [0.29, 0.717) is 5.16 Å². The summed E-state index contributed by atoms with van der Waals surface area (Å²) in [6.45, 7) is 6.44. The highest BCUT2D eigenvalue weighted by molar-refractivity contribution is 7.99. The van der Waals surface area contributed by atoms with Crippen LogP contribution in [0.4, 0.5) is 0 Å². The number of rotatable bonds is 4. The molecule has 0 spiro atoms. The monoisotopic (exact) mass is 272 g/mol. The molecule has 1 heterocycles. The zero-order valence-corrected chi connectivity index (χ0v) is 12.2. The van der Waals surface area contributed by atoms with Crippen LogP contribution in [0.3, 0.4) is 0 Å². The van der Waals surface area contributed by atoms with E-state index in [1.165, 1.54) is 16.4 Å². The molecule has 2 N–H and O–H groups in total. The lowest BCUT2D eigenvalue weighted by molar-refractivity contribution is 0.305. The molecule has 1 unspecified atom stereocenters. The van der Waals surface area contributed by atoms with Gasteiger partial charge in [0.25, 0.3) is 0 Å². The Bertz CT molecular complexity index is 515. The normalized spacial score (nSPS) is 13.6. The van der Waals surface area contributed by atoms with Gasteiger partial charge in [-0.25, -0.2) is 0 Å². The number of nitrogens with zero attached hydrogens (tertiary/aromatic N) is 2. The van der Waals surface area contributed by atoms with Crippen molar-refractivity contribution >= 4 is 11.8 Å². The maximum atomic E-state index is 11.2. The van der Waals surface area contributed by atoms with E-state index in [9.17, 15) is 9.59 Å². The lowest BCUT2D eigenvalue weighted by Crippen LogP contribution is -2.40. The van der Waals surface area contributed by atoms with E-state index in [-0.39, 0.29) is 11.5 Å². The van der Waals surface area contributed by atoms with Gasteiger partial charge in [-0.15, -0.1) is 0 Å². The number of aromatic nitrogens is 3. The summed E-state index contributed by atoms with van der Waals surface area (Å²) < 4.78 is 1.48. The minimum atomic E-state index is -0.743. The van der Waals surface area contributed by atoms with Gasteiger partial charge in [0.05, 0.1) is 0 Å². The van der Waals surface area contributed by atoms with Crippen LogP contribution in [0.5, 0.6) is 0 Å². The number of H-pyrrole nitrogens is 1. The Kier molecular flexibility index (Phi) is 4.75. The van der Waals surface area contributed by atoms with Crippen molar-refractivity contribution in [1.82, 2.24) is 20.1 Å². The summed E-state index contributed by atoms with van der Waals surface area (Å²) in [6, 6.07) is 0.284. The minimum absolute atomic E-state index is 0.114. The maximum absolute atomic E-state index is 11.2. The van der Waals surface area contributed by atoms with E-state index in [1.54, 1.807) is 7.05 Å². The lowest BCUT2D eigenvalue weighted by Gasteiger charge is -2.30. The number of thioether (sulfide) groups is 1. The van der Waals surface area contributed by atoms with Crippen molar-refractivity contribution in [2.24, 2.45) is 12.5 Å². The van der Waals surface area contributed by atoms with Crippen molar-refractivity contribution in [3.63, 3.8) is 0 Å². The molecule has 0 amide bonds. The fraction of sp³-hybridized carbons (Fsp3) is 0.727. The minimum Gasteiger partial charge on any atom is -0.316 e. The molecule has 18 heavy (non-hydrogen) atoms. The Hall–Kier alpha value is -1.08. The van der Waals surface area contributed by atoms with Crippen LogP contribution < -0.4 is 16.4 Å². The second-order valence-electron chi connectivity index (χ2n) is 5.22. The molecule has 0 aromatic carbocycles. The molecule has 1 atom stereocenters. The number of hydrogen-bond donors (Lipinski definition) is 2. The van der Waals surface area contributed by atoms with Crippen LogP contribution in [0.1, 0.15) is 20.8 Å². The summed E-state index contributed by atoms with van der Waals surface area (Å²) in [6.07, 6.45) is 0.